The van der Waals surface area contributed by atoms with Crippen LogP contribution in [-0.2, 0) is 16.3 Å². The van der Waals surface area contributed by atoms with Gasteiger partial charge in [-0.05, 0) is 24.5 Å². The van der Waals surface area contributed by atoms with Gasteiger partial charge >= 0.3 is 12.4 Å². The molecule has 1 aromatic carbocycles. The van der Waals surface area contributed by atoms with Crippen molar-refractivity contribution < 1.29 is 31.1 Å². The molecule has 0 aromatic heterocycles. The van der Waals surface area contributed by atoms with Crippen LogP contribution in [-0.4, -0.2) is 45.5 Å². The van der Waals surface area contributed by atoms with Gasteiger partial charge in [-0.25, -0.2) is 0 Å². The van der Waals surface area contributed by atoms with E-state index in [1.54, 1.807) is 6.07 Å². The third kappa shape index (κ3) is 7.83. The lowest BCUT2D eigenvalue weighted by Gasteiger charge is -2.38. The van der Waals surface area contributed by atoms with Crippen molar-refractivity contribution >= 4 is 29.9 Å². The zero-order chi connectivity index (χ0) is 20.8. The molecule has 0 unspecified atom stereocenters. The summed E-state index contributed by atoms with van der Waals surface area (Å²) in [6.45, 7) is 0.655. The van der Waals surface area contributed by atoms with E-state index in [0.29, 0.717) is 31.6 Å². The van der Waals surface area contributed by atoms with Crippen LogP contribution in [0.4, 0.5) is 26.3 Å². The van der Waals surface area contributed by atoms with Gasteiger partial charge in [-0.1, -0.05) is 18.2 Å². The molecule has 11 heteroatoms. The maximum Gasteiger partial charge on any atom is 0.416 e. The Morgan fingerprint density at radius 2 is 1.76 bits per heavy atom. The maximum atomic E-state index is 13.1. The standard InChI is InChI=1S/C18H23F6N3O.HI/c1-25-15(26-8-5-17(19,20)21)27-12-16(6-9-28-10-7-16)13-3-2-4-14(11-13)18(22,23)24;/h2-4,11H,5-10,12H2,1H3,(H2,25,26,27);1H. The lowest BCUT2D eigenvalue weighted by molar-refractivity contribution is -0.137. The highest BCUT2D eigenvalue weighted by Gasteiger charge is 2.37. The van der Waals surface area contributed by atoms with E-state index in [0.717, 1.165) is 12.1 Å². The second-order valence-corrected chi connectivity index (χ2v) is 6.69. The average Bonchev–Trinajstić information content (AvgIpc) is 2.64. The highest BCUT2D eigenvalue weighted by atomic mass is 127. The second kappa shape index (κ2) is 10.7. The van der Waals surface area contributed by atoms with E-state index >= 15 is 0 Å². The van der Waals surface area contributed by atoms with Gasteiger partial charge in [0.15, 0.2) is 5.96 Å². The topological polar surface area (TPSA) is 45.7 Å². The van der Waals surface area contributed by atoms with E-state index in [1.807, 2.05) is 0 Å². The molecule has 0 amide bonds. The minimum atomic E-state index is -4.45. The summed E-state index contributed by atoms with van der Waals surface area (Å²) in [5, 5.41) is 5.54. The Morgan fingerprint density at radius 3 is 2.31 bits per heavy atom. The first kappa shape index (κ1) is 25.8. The number of nitrogens with zero attached hydrogens (tertiary/aromatic N) is 1. The summed E-state index contributed by atoms with van der Waals surface area (Å²) in [6, 6.07) is 5.16. The van der Waals surface area contributed by atoms with Gasteiger partial charge < -0.3 is 15.4 Å². The van der Waals surface area contributed by atoms with Crippen molar-refractivity contribution in [2.45, 2.75) is 37.0 Å². The normalized spacial score (nSPS) is 17.4. The summed E-state index contributed by atoms with van der Waals surface area (Å²) in [6.07, 6.45) is -8.78. The predicted molar refractivity (Wildman–Crippen MR) is 109 cm³/mol. The molecule has 166 valence electrons. The Balaban J connectivity index is 0.00000420. The molecule has 0 saturated carbocycles. The predicted octanol–water partition coefficient (Wildman–Crippen LogP) is 4.49. The van der Waals surface area contributed by atoms with Crippen molar-refractivity contribution in [1.82, 2.24) is 10.6 Å². The van der Waals surface area contributed by atoms with Crippen LogP contribution in [0, 0.1) is 0 Å². The van der Waals surface area contributed by atoms with E-state index in [1.165, 1.54) is 13.1 Å². The first-order valence-electron chi connectivity index (χ1n) is 8.82. The number of hydrogen-bond donors (Lipinski definition) is 2. The number of nitrogens with one attached hydrogen (secondary N) is 2. The molecule has 4 nitrogen and oxygen atoms in total. The summed E-state index contributed by atoms with van der Waals surface area (Å²) < 4.78 is 81.6. The Kier molecular flexibility index (Phi) is 9.51. The molecule has 1 aliphatic rings. The molecule has 1 heterocycles. The monoisotopic (exact) mass is 539 g/mol. The van der Waals surface area contributed by atoms with Gasteiger partial charge in [0.2, 0.25) is 0 Å². The minimum Gasteiger partial charge on any atom is -0.381 e. The lowest BCUT2D eigenvalue weighted by Crippen LogP contribution is -2.48. The quantitative estimate of drug-likeness (QED) is 0.251. The Morgan fingerprint density at radius 1 is 1.10 bits per heavy atom. The SMILES string of the molecule is CN=C(NCCC(F)(F)F)NCC1(c2cccc(C(F)(F)F)c2)CCOCC1.I. The Bertz CT molecular complexity index is 672. The van der Waals surface area contributed by atoms with Gasteiger partial charge in [-0.15, -0.1) is 24.0 Å². The molecule has 1 aromatic rings. The van der Waals surface area contributed by atoms with E-state index in [4.69, 9.17) is 4.74 Å². The Labute approximate surface area is 182 Å². The van der Waals surface area contributed by atoms with Crippen LogP contribution in [0.15, 0.2) is 29.3 Å². The molecule has 0 radical (unpaired) electrons. The molecule has 1 saturated heterocycles. The molecule has 1 aliphatic heterocycles. The van der Waals surface area contributed by atoms with Crippen molar-refractivity contribution in [3.05, 3.63) is 35.4 Å². The molecule has 2 rings (SSSR count). The zero-order valence-electron chi connectivity index (χ0n) is 15.8. The number of aliphatic imine (C=N–C) groups is 1. The highest BCUT2D eigenvalue weighted by Crippen LogP contribution is 2.37. The third-order valence-corrected chi connectivity index (χ3v) is 4.77. The third-order valence-electron chi connectivity index (χ3n) is 4.77. The number of hydrogen-bond acceptors (Lipinski definition) is 2. The molecule has 0 aliphatic carbocycles. The van der Waals surface area contributed by atoms with Crippen molar-refractivity contribution in [2.24, 2.45) is 4.99 Å². The zero-order valence-corrected chi connectivity index (χ0v) is 18.1. The summed E-state index contributed by atoms with van der Waals surface area (Å²) in [4.78, 5) is 3.89. The van der Waals surface area contributed by atoms with Crippen LogP contribution in [0.5, 0.6) is 0 Å². The lowest BCUT2D eigenvalue weighted by atomic mass is 9.73. The van der Waals surface area contributed by atoms with E-state index in [-0.39, 0.29) is 43.0 Å². The first-order chi connectivity index (χ1) is 13.1. The molecular weight excluding hydrogens is 515 g/mol. The Hall–Kier alpha value is -1.24. The van der Waals surface area contributed by atoms with Gasteiger partial charge in [0, 0.05) is 38.8 Å². The summed E-state index contributed by atoms with van der Waals surface area (Å²) in [5.74, 6) is 0.169. The van der Waals surface area contributed by atoms with Crippen LogP contribution >= 0.6 is 24.0 Å². The summed E-state index contributed by atoms with van der Waals surface area (Å²) >= 11 is 0. The van der Waals surface area contributed by atoms with Gasteiger partial charge in [-0.2, -0.15) is 26.3 Å². The summed E-state index contributed by atoms with van der Waals surface area (Å²) in [7, 11) is 1.42. The second-order valence-electron chi connectivity index (χ2n) is 6.69. The average molecular weight is 539 g/mol. The van der Waals surface area contributed by atoms with Gasteiger partial charge in [0.1, 0.15) is 0 Å². The number of halogens is 7. The van der Waals surface area contributed by atoms with Crippen LogP contribution in [0.2, 0.25) is 0 Å². The first-order valence-corrected chi connectivity index (χ1v) is 8.82. The van der Waals surface area contributed by atoms with E-state index in [9.17, 15) is 26.3 Å². The molecule has 0 bridgehead atoms. The summed E-state index contributed by atoms with van der Waals surface area (Å²) in [5.41, 5.74) is -0.853. The van der Waals surface area contributed by atoms with Gasteiger partial charge in [0.05, 0.1) is 12.0 Å². The molecule has 29 heavy (non-hydrogen) atoms. The van der Waals surface area contributed by atoms with Crippen molar-refractivity contribution in [1.29, 1.82) is 0 Å². The number of alkyl halides is 6. The van der Waals surface area contributed by atoms with Crippen LogP contribution in [0.25, 0.3) is 0 Å². The van der Waals surface area contributed by atoms with Gasteiger partial charge in [0.25, 0.3) is 0 Å². The van der Waals surface area contributed by atoms with Crippen LogP contribution < -0.4 is 10.6 Å². The number of benzene rings is 1. The highest BCUT2D eigenvalue weighted by molar-refractivity contribution is 14.0. The fraction of sp³-hybridized carbons (Fsp3) is 0.611. The number of guanidine groups is 1. The molecule has 2 N–H and O–H groups in total. The van der Waals surface area contributed by atoms with Crippen molar-refractivity contribution in [3.8, 4) is 0 Å². The molecular formula is C18H24F6IN3O. The molecule has 0 spiro atoms. The van der Waals surface area contributed by atoms with E-state index in [2.05, 4.69) is 15.6 Å². The van der Waals surface area contributed by atoms with Gasteiger partial charge in [-0.3, -0.25) is 4.99 Å². The molecule has 1 fully saturated rings. The minimum absolute atomic E-state index is 0. The number of ether oxygens (including phenoxy) is 1. The smallest absolute Gasteiger partial charge is 0.381 e. The van der Waals surface area contributed by atoms with Crippen LogP contribution in [0.1, 0.15) is 30.4 Å². The van der Waals surface area contributed by atoms with Crippen LogP contribution in [0.3, 0.4) is 0 Å². The largest absolute Gasteiger partial charge is 0.416 e. The molecule has 0 atom stereocenters. The fourth-order valence-corrected chi connectivity index (χ4v) is 3.15. The van der Waals surface area contributed by atoms with Crippen molar-refractivity contribution in [2.75, 3.05) is 33.4 Å². The maximum absolute atomic E-state index is 13.1. The van der Waals surface area contributed by atoms with Crippen molar-refractivity contribution in [3.63, 3.8) is 0 Å². The number of rotatable bonds is 5. The fourth-order valence-electron chi connectivity index (χ4n) is 3.15. The van der Waals surface area contributed by atoms with E-state index < -0.39 is 29.8 Å².